The van der Waals surface area contributed by atoms with E-state index in [2.05, 4.69) is 15.6 Å². The number of amides is 2. The van der Waals surface area contributed by atoms with Gasteiger partial charge in [0.25, 0.3) is 5.91 Å². The fraction of sp³-hybridized carbons (Fsp3) is 0.273. The van der Waals surface area contributed by atoms with Crippen molar-refractivity contribution in [1.82, 2.24) is 4.98 Å². The zero-order valence-corrected chi connectivity index (χ0v) is 16.2. The zero-order valence-electron chi connectivity index (χ0n) is 16.2. The first-order valence-corrected chi connectivity index (χ1v) is 9.59. The molecule has 1 fully saturated rings. The van der Waals surface area contributed by atoms with Crippen molar-refractivity contribution in [2.75, 3.05) is 17.7 Å². The number of aliphatic carboxylic acids is 1. The molecule has 4 atom stereocenters. The van der Waals surface area contributed by atoms with Crippen molar-refractivity contribution in [3.63, 3.8) is 0 Å². The SMILES string of the molecule is COc1cc(NC(=O)C2C3C=CC(C3)C2C(=O)O)ccc1NC(=O)c1cccnc1. The normalized spacial score (nSPS) is 23.8. The first-order chi connectivity index (χ1) is 14.5. The molecule has 2 bridgehead atoms. The molecule has 1 aromatic heterocycles. The van der Waals surface area contributed by atoms with E-state index in [1.54, 1.807) is 36.5 Å². The molecule has 1 saturated carbocycles. The second-order valence-electron chi connectivity index (χ2n) is 7.44. The first kappa shape index (κ1) is 19.6. The smallest absolute Gasteiger partial charge is 0.307 e. The largest absolute Gasteiger partial charge is 0.494 e. The molecule has 8 heteroatoms. The molecule has 2 aliphatic rings. The van der Waals surface area contributed by atoms with E-state index in [1.807, 2.05) is 12.2 Å². The number of methoxy groups -OCH3 is 1. The molecule has 2 amide bonds. The minimum atomic E-state index is -0.946. The number of carbonyl (C=O) groups is 3. The third-order valence-corrected chi connectivity index (χ3v) is 5.69. The number of hydrogen-bond acceptors (Lipinski definition) is 5. The lowest BCUT2D eigenvalue weighted by Crippen LogP contribution is -2.36. The van der Waals surface area contributed by atoms with Crippen molar-refractivity contribution in [2.24, 2.45) is 23.7 Å². The summed E-state index contributed by atoms with van der Waals surface area (Å²) < 4.78 is 5.35. The molecule has 2 aromatic rings. The molecule has 3 N–H and O–H groups in total. The Labute approximate surface area is 173 Å². The number of rotatable bonds is 6. The van der Waals surface area contributed by atoms with E-state index >= 15 is 0 Å². The van der Waals surface area contributed by atoms with Crippen LogP contribution in [0.4, 0.5) is 11.4 Å². The summed E-state index contributed by atoms with van der Waals surface area (Å²) in [7, 11) is 1.46. The van der Waals surface area contributed by atoms with Crippen LogP contribution in [0.3, 0.4) is 0 Å². The summed E-state index contributed by atoms with van der Waals surface area (Å²) in [5.41, 5.74) is 1.31. The quantitative estimate of drug-likeness (QED) is 0.634. The molecule has 0 spiro atoms. The van der Waals surface area contributed by atoms with E-state index in [0.717, 1.165) is 0 Å². The Hall–Kier alpha value is -3.68. The van der Waals surface area contributed by atoms with Crippen molar-refractivity contribution >= 4 is 29.2 Å². The highest BCUT2D eigenvalue weighted by Crippen LogP contribution is 2.48. The Bertz CT molecular complexity index is 1020. The Kier molecular flexibility index (Phi) is 5.22. The fourth-order valence-electron chi connectivity index (χ4n) is 4.31. The number of ether oxygens (including phenoxy) is 1. The van der Waals surface area contributed by atoms with Crippen LogP contribution in [-0.2, 0) is 9.59 Å². The van der Waals surface area contributed by atoms with Crippen LogP contribution in [0.5, 0.6) is 5.75 Å². The van der Waals surface area contributed by atoms with Gasteiger partial charge in [0.05, 0.1) is 30.2 Å². The molecular weight excluding hydrogens is 386 g/mol. The van der Waals surface area contributed by atoms with E-state index in [0.29, 0.717) is 29.1 Å². The van der Waals surface area contributed by atoms with Gasteiger partial charge < -0.3 is 20.5 Å². The molecular formula is C22H21N3O5. The lowest BCUT2D eigenvalue weighted by molar-refractivity contribution is -0.146. The maximum atomic E-state index is 12.8. The fourth-order valence-corrected chi connectivity index (χ4v) is 4.31. The Morgan fingerprint density at radius 3 is 2.53 bits per heavy atom. The van der Waals surface area contributed by atoms with Gasteiger partial charge in [0.2, 0.25) is 5.91 Å². The van der Waals surface area contributed by atoms with Crippen molar-refractivity contribution in [2.45, 2.75) is 6.42 Å². The predicted molar refractivity (Wildman–Crippen MR) is 109 cm³/mol. The highest BCUT2D eigenvalue weighted by molar-refractivity contribution is 6.05. The van der Waals surface area contributed by atoms with Gasteiger partial charge in [-0.2, -0.15) is 0 Å². The molecule has 4 unspecified atom stereocenters. The van der Waals surface area contributed by atoms with Crippen molar-refractivity contribution in [3.8, 4) is 5.75 Å². The van der Waals surface area contributed by atoms with E-state index in [4.69, 9.17) is 4.74 Å². The summed E-state index contributed by atoms with van der Waals surface area (Å²) in [4.78, 5) is 40.8. The van der Waals surface area contributed by atoms with Crippen LogP contribution in [0, 0.1) is 23.7 Å². The number of carboxylic acids is 1. The molecule has 0 saturated heterocycles. The van der Waals surface area contributed by atoms with Crippen LogP contribution in [-0.4, -0.2) is 35.0 Å². The van der Waals surface area contributed by atoms with E-state index < -0.39 is 17.8 Å². The molecule has 0 aliphatic heterocycles. The molecule has 2 aliphatic carbocycles. The van der Waals surface area contributed by atoms with Crippen LogP contribution >= 0.6 is 0 Å². The predicted octanol–water partition coefficient (Wildman–Crippen LogP) is 2.80. The number of carbonyl (C=O) groups excluding carboxylic acids is 2. The lowest BCUT2D eigenvalue weighted by Gasteiger charge is -2.24. The van der Waals surface area contributed by atoms with Gasteiger partial charge in [-0.3, -0.25) is 19.4 Å². The number of hydrogen-bond donors (Lipinski definition) is 3. The minimum Gasteiger partial charge on any atom is -0.494 e. The van der Waals surface area contributed by atoms with Gasteiger partial charge in [0, 0.05) is 24.1 Å². The molecule has 154 valence electrons. The number of benzene rings is 1. The number of nitrogens with zero attached hydrogens (tertiary/aromatic N) is 1. The molecule has 8 nitrogen and oxygen atoms in total. The third kappa shape index (κ3) is 3.63. The van der Waals surface area contributed by atoms with Gasteiger partial charge in [-0.05, 0) is 42.5 Å². The maximum Gasteiger partial charge on any atom is 0.307 e. The van der Waals surface area contributed by atoms with Gasteiger partial charge in [-0.25, -0.2) is 0 Å². The zero-order chi connectivity index (χ0) is 21.3. The van der Waals surface area contributed by atoms with Gasteiger partial charge >= 0.3 is 5.97 Å². The first-order valence-electron chi connectivity index (χ1n) is 9.59. The summed E-state index contributed by atoms with van der Waals surface area (Å²) in [6, 6.07) is 8.16. The minimum absolute atomic E-state index is 0.0592. The van der Waals surface area contributed by atoms with Crippen LogP contribution in [0.2, 0.25) is 0 Å². The number of pyridine rings is 1. The van der Waals surface area contributed by atoms with Crippen LogP contribution in [0.25, 0.3) is 0 Å². The van der Waals surface area contributed by atoms with E-state index in [9.17, 15) is 19.5 Å². The summed E-state index contributed by atoms with van der Waals surface area (Å²) in [6.45, 7) is 0. The van der Waals surface area contributed by atoms with Gasteiger partial charge in [-0.1, -0.05) is 12.2 Å². The van der Waals surface area contributed by atoms with E-state index in [1.165, 1.54) is 13.3 Å². The summed E-state index contributed by atoms with van der Waals surface area (Å²) in [5.74, 6) is -2.71. The molecule has 1 heterocycles. The standard InChI is InChI=1S/C22H21N3O5/c1-30-17-10-15(6-7-16(17)25-20(26)14-3-2-8-23-11-14)24-21(27)18-12-4-5-13(9-12)19(18)22(28)29/h2-8,10-13,18-19H,9H2,1H3,(H,24,27)(H,25,26)(H,28,29). The number of fused-ring (bicyclic) bond motifs is 2. The second kappa shape index (κ2) is 7.98. The van der Waals surface area contributed by atoms with Gasteiger partial charge in [0.1, 0.15) is 5.75 Å². The van der Waals surface area contributed by atoms with Crippen LogP contribution < -0.4 is 15.4 Å². The number of allylic oxidation sites excluding steroid dienone is 2. The highest BCUT2D eigenvalue weighted by atomic mass is 16.5. The number of nitrogens with one attached hydrogen (secondary N) is 2. The second-order valence-corrected chi connectivity index (χ2v) is 7.44. The Morgan fingerprint density at radius 2 is 1.87 bits per heavy atom. The number of aromatic nitrogens is 1. The Morgan fingerprint density at radius 1 is 1.10 bits per heavy atom. The van der Waals surface area contributed by atoms with E-state index in [-0.39, 0.29) is 23.7 Å². The lowest BCUT2D eigenvalue weighted by atomic mass is 9.82. The van der Waals surface area contributed by atoms with Crippen molar-refractivity contribution in [1.29, 1.82) is 0 Å². The maximum absolute atomic E-state index is 12.8. The summed E-state index contributed by atoms with van der Waals surface area (Å²) >= 11 is 0. The average Bonchev–Trinajstić information content (AvgIpc) is 3.37. The summed E-state index contributed by atoms with van der Waals surface area (Å²) in [5, 5.41) is 15.1. The van der Waals surface area contributed by atoms with Crippen LogP contribution in [0.15, 0.2) is 54.9 Å². The number of anilines is 2. The van der Waals surface area contributed by atoms with Crippen molar-refractivity contribution < 1.29 is 24.2 Å². The molecule has 0 radical (unpaired) electrons. The average molecular weight is 407 g/mol. The molecule has 1 aromatic carbocycles. The third-order valence-electron chi connectivity index (χ3n) is 5.69. The van der Waals surface area contributed by atoms with Gasteiger partial charge in [0.15, 0.2) is 0 Å². The molecule has 4 rings (SSSR count). The summed E-state index contributed by atoms with van der Waals surface area (Å²) in [6.07, 6.45) is 7.56. The molecule has 30 heavy (non-hydrogen) atoms. The van der Waals surface area contributed by atoms with Gasteiger partial charge in [-0.15, -0.1) is 0 Å². The van der Waals surface area contributed by atoms with Crippen LogP contribution in [0.1, 0.15) is 16.8 Å². The number of carboxylic acid groups (broad SMARTS) is 1. The van der Waals surface area contributed by atoms with Crippen molar-refractivity contribution in [3.05, 3.63) is 60.4 Å². The topological polar surface area (TPSA) is 118 Å². The Balaban J connectivity index is 1.49. The monoisotopic (exact) mass is 407 g/mol. The highest BCUT2D eigenvalue weighted by Gasteiger charge is 2.51.